The van der Waals surface area contributed by atoms with Crippen LogP contribution in [0, 0.1) is 6.92 Å². The van der Waals surface area contributed by atoms with Gasteiger partial charge in [-0.2, -0.15) is 0 Å². The van der Waals surface area contributed by atoms with E-state index >= 15 is 0 Å². The molecule has 3 aromatic rings. The van der Waals surface area contributed by atoms with Gasteiger partial charge in [-0.15, -0.1) is 0 Å². The summed E-state index contributed by atoms with van der Waals surface area (Å²) >= 11 is 0. The molecule has 0 radical (unpaired) electrons. The smallest absolute Gasteiger partial charge is 0.318 e. The molecule has 124 valence electrons. The highest BCUT2D eigenvalue weighted by molar-refractivity contribution is 5.85. The lowest BCUT2D eigenvalue weighted by Gasteiger charge is -2.26. The van der Waals surface area contributed by atoms with Crippen LogP contribution in [0.3, 0.4) is 0 Å². The molecule has 0 atom stereocenters. The zero-order valence-electron chi connectivity index (χ0n) is 13.9. The van der Waals surface area contributed by atoms with E-state index in [4.69, 9.17) is 9.47 Å². The molecule has 3 aromatic carbocycles. The van der Waals surface area contributed by atoms with Crippen LogP contribution in [0.4, 0.5) is 0 Å². The summed E-state index contributed by atoms with van der Waals surface area (Å²) in [6.45, 7) is 2.30. The van der Waals surface area contributed by atoms with E-state index in [1.165, 1.54) is 5.56 Å². The minimum Gasteiger partial charge on any atom is -0.460 e. The quantitative estimate of drug-likeness (QED) is 0.636. The first-order chi connectivity index (χ1) is 12.2. The van der Waals surface area contributed by atoms with Crippen molar-refractivity contribution < 1.29 is 14.3 Å². The number of esters is 1. The van der Waals surface area contributed by atoms with Gasteiger partial charge in [0, 0.05) is 11.1 Å². The van der Waals surface area contributed by atoms with Crippen molar-refractivity contribution in [3.63, 3.8) is 0 Å². The summed E-state index contributed by atoms with van der Waals surface area (Å²) in [4.78, 5) is 12.9. The highest BCUT2D eigenvalue weighted by Crippen LogP contribution is 2.44. The lowest BCUT2D eigenvalue weighted by molar-refractivity contribution is -0.145. The monoisotopic (exact) mass is 330 g/mol. The minimum atomic E-state index is -0.466. The van der Waals surface area contributed by atoms with Crippen LogP contribution in [0.1, 0.15) is 28.2 Å². The van der Waals surface area contributed by atoms with Gasteiger partial charge in [-0.3, -0.25) is 4.79 Å². The number of hydrogen-bond donors (Lipinski definition) is 0. The molecule has 0 N–H and O–H groups in total. The van der Waals surface area contributed by atoms with Crippen molar-refractivity contribution in [3.05, 3.63) is 95.1 Å². The number of aryl methyl sites for hydroxylation is 1. The first-order valence-corrected chi connectivity index (χ1v) is 8.30. The molecule has 0 spiro atoms. The Morgan fingerprint density at radius 2 is 1.44 bits per heavy atom. The standard InChI is InChI=1S/C22H18O3/c1-15-10-12-16(13-11-15)14-24-22(23)21-17-6-2-4-8-19(17)25-20-9-5-3-7-18(20)21/h2-13,21H,14H2,1H3. The zero-order valence-corrected chi connectivity index (χ0v) is 13.9. The Labute approximate surface area is 146 Å². The summed E-state index contributed by atoms with van der Waals surface area (Å²) in [6.07, 6.45) is 0. The van der Waals surface area contributed by atoms with Crippen LogP contribution in [0.15, 0.2) is 72.8 Å². The molecule has 0 saturated carbocycles. The summed E-state index contributed by atoms with van der Waals surface area (Å²) in [5.41, 5.74) is 3.85. The van der Waals surface area contributed by atoms with Crippen molar-refractivity contribution >= 4 is 5.97 Å². The van der Waals surface area contributed by atoms with Crippen LogP contribution < -0.4 is 4.74 Å². The summed E-state index contributed by atoms with van der Waals surface area (Å²) in [6, 6.07) is 23.2. The van der Waals surface area contributed by atoms with E-state index in [2.05, 4.69) is 0 Å². The molecule has 25 heavy (non-hydrogen) atoms. The van der Waals surface area contributed by atoms with Gasteiger partial charge in [-0.1, -0.05) is 66.2 Å². The van der Waals surface area contributed by atoms with Crippen LogP contribution in [0.5, 0.6) is 11.5 Å². The number of benzene rings is 3. The van der Waals surface area contributed by atoms with Crippen molar-refractivity contribution in [2.75, 3.05) is 0 Å². The van der Waals surface area contributed by atoms with Crippen molar-refractivity contribution in [2.24, 2.45) is 0 Å². The number of carbonyl (C=O) groups excluding carboxylic acids is 1. The molecular formula is C22H18O3. The fraction of sp³-hybridized carbons (Fsp3) is 0.136. The molecule has 0 bridgehead atoms. The van der Waals surface area contributed by atoms with E-state index in [0.29, 0.717) is 11.5 Å². The maximum absolute atomic E-state index is 12.9. The molecule has 0 fully saturated rings. The highest BCUT2D eigenvalue weighted by Gasteiger charge is 2.33. The second-order valence-corrected chi connectivity index (χ2v) is 6.20. The first kappa shape index (κ1) is 15.5. The van der Waals surface area contributed by atoms with Crippen LogP contribution in [-0.4, -0.2) is 5.97 Å². The molecule has 3 heteroatoms. The zero-order chi connectivity index (χ0) is 17.2. The Balaban J connectivity index is 1.62. The van der Waals surface area contributed by atoms with Crippen molar-refractivity contribution in [2.45, 2.75) is 19.4 Å². The van der Waals surface area contributed by atoms with E-state index in [-0.39, 0.29) is 12.6 Å². The van der Waals surface area contributed by atoms with E-state index in [0.717, 1.165) is 16.7 Å². The molecule has 1 aliphatic rings. The van der Waals surface area contributed by atoms with E-state index < -0.39 is 5.92 Å². The van der Waals surface area contributed by atoms with E-state index in [9.17, 15) is 4.79 Å². The van der Waals surface area contributed by atoms with Gasteiger partial charge in [0.2, 0.25) is 0 Å². The first-order valence-electron chi connectivity index (χ1n) is 8.30. The molecule has 0 aliphatic carbocycles. The Morgan fingerprint density at radius 1 is 0.880 bits per heavy atom. The van der Waals surface area contributed by atoms with Gasteiger partial charge in [0.15, 0.2) is 0 Å². The number of carbonyl (C=O) groups is 1. The molecule has 4 rings (SSSR count). The summed E-state index contributed by atoms with van der Waals surface area (Å²) < 4.78 is 11.6. The number of ether oxygens (including phenoxy) is 2. The largest absolute Gasteiger partial charge is 0.460 e. The van der Waals surface area contributed by atoms with Crippen LogP contribution >= 0.6 is 0 Å². The third-order valence-electron chi connectivity index (χ3n) is 4.42. The predicted molar refractivity (Wildman–Crippen MR) is 95.8 cm³/mol. The van der Waals surface area contributed by atoms with Gasteiger partial charge < -0.3 is 9.47 Å². The average Bonchev–Trinajstić information content (AvgIpc) is 2.65. The molecule has 0 amide bonds. The van der Waals surface area contributed by atoms with Gasteiger partial charge in [-0.05, 0) is 24.6 Å². The average molecular weight is 330 g/mol. The lowest BCUT2D eigenvalue weighted by atomic mass is 9.88. The van der Waals surface area contributed by atoms with Crippen LogP contribution in [0.2, 0.25) is 0 Å². The molecule has 0 unspecified atom stereocenters. The highest BCUT2D eigenvalue weighted by atomic mass is 16.5. The van der Waals surface area contributed by atoms with Crippen molar-refractivity contribution in [1.29, 1.82) is 0 Å². The third kappa shape index (κ3) is 3.01. The lowest BCUT2D eigenvalue weighted by Crippen LogP contribution is -2.21. The molecule has 1 heterocycles. The van der Waals surface area contributed by atoms with Gasteiger partial charge in [0.1, 0.15) is 24.0 Å². The maximum atomic E-state index is 12.9. The Morgan fingerprint density at radius 3 is 2.04 bits per heavy atom. The normalized spacial score (nSPS) is 12.7. The molecule has 0 saturated heterocycles. The predicted octanol–water partition coefficient (Wildman–Crippen LogP) is 4.98. The molecule has 1 aliphatic heterocycles. The fourth-order valence-electron chi connectivity index (χ4n) is 3.09. The molecule has 3 nitrogen and oxygen atoms in total. The number of hydrogen-bond acceptors (Lipinski definition) is 3. The van der Waals surface area contributed by atoms with Gasteiger partial charge in [0.05, 0.1) is 0 Å². The van der Waals surface area contributed by atoms with E-state index in [1.54, 1.807) is 0 Å². The van der Waals surface area contributed by atoms with Crippen LogP contribution in [0.25, 0.3) is 0 Å². The molecular weight excluding hydrogens is 312 g/mol. The summed E-state index contributed by atoms with van der Waals surface area (Å²) in [7, 11) is 0. The number of fused-ring (bicyclic) bond motifs is 2. The second-order valence-electron chi connectivity index (χ2n) is 6.20. The second kappa shape index (κ2) is 6.44. The summed E-state index contributed by atoms with van der Waals surface area (Å²) in [5, 5.41) is 0. The SMILES string of the molecule is Cc1ccc(COC(=O)C2c3ccccc3Oc3ccccc32)cc1. The molecule has 0 aromatic heterocycles. The Hall–Kier alpha value is -3.07. The van der Waals surface area contributed by atoms with Crippen molar-refractivity contribution in [1.82, 2.24) is 0 Å². The minimum absolute atomic E-state index is 0.260. The van der Waals surface area contributed by atoms with Crippen LogP contribution in [-0.2, 0) is 16.1 Å². The Bertz CT molecular complexity index is 867. The van der Waals surface area contributed by atoms with Gasteiger partial charge in [-0.25, -0.2) is 0 Å². The fourth-order valence-corrected chi connectivity index (χ4v) is 3.09. The Kier molecular flexibility index (Phi) is 3.98. The third-order valence-corrected chi connectivity index (χ3v) is 4.42. The number of para-hydroxylation sites is 2. The van der Waals surface area contributed by atoms with E-state index in [1.807, 2.05) is 79.7 Å². The van der Waals surface area contributed by atoms with Crippen molar-refractivity contribution in [3.8, 4) is 11.5 Å². The van der Waals surface area contributed by atoms with Gasteiger partial charge in [0.25, 0.3) is 0 Å². The number of rotatable bonds is 3. The van der Waals surface area contributed by atoms with Gasteiger partial charge >= 0.3 is 5.97 Å². The summed E-state index contributed by atoms with van der Waals surface area (Å²) in [5.74, 6) is 0.687. The topological polar surface area (TPSA) is 35.5 Å². The maximum Gasteiger partial charge on any atom is 0.318 e.